The molecule has 0 amide bonds. The second-order valence-electron chi connectivity index (χ2n) is 3.51. The highest BCUT2D eigenvalue weighted by molar-refractivity contribution is 6.20. The molecule has 1 unspecified atom stereocenters. The molecule has 1 heterocycles. The minimum Gasteiger partial charge on any atom is -0.383 e. The second kappa shape index (κ2) is 7.60. The number of methoxy groups -OCH3 is 1. The van der Waals surface area contributed by atoms with Gasteiger partial charge in [-0.25, -0.2) is 9.67 Å². The maximum Gasteiger partial charge on any atom is 0.140 e. The lowest BCUT2D eigenvalue weighted by Gasteiger charge is -2.09. The summed E-state index contributed by atoms with van der Waals surface area (Å²) in [7, 11) is 1.66. The monoisotopic (exact) mass is 246 g/mol. The fourth-order valence-corrected chi connectivity index (χ4v) is 1.65. The summed E-state index contributed by atoms with van der Waals surface area (Å²) in [6.45, 7) is 5.07. The van der Waals surface area contributed by atoms with Crippen molar-refractivity contribution in [3.63, 3.8) is 0 Å². The number of alkyl halides is 1. The summed E-state index contributed by atoms with van der Waals surface area (Å²) in [5, 5.41) is 7.46. The van der Waals surface area contributed by atoms with Crippen molar-refractivity contribution < 1.29 is 4.74 Å². The van der Waals surface area contributed by atoms with E-state index in [0.717, 1.165) is 31.9 Å². The van der Waals surface area contributed by atoms with Crippen LogP contribution in [0, 0.1) is 0 Å². The van der Waals surface area contributed by atoms with Crippen LogP contribution in [0.25, 0.3) is 0 Å². The molecule has 0 fully saturated rings. The van der Waals surface area contributed by atoms with Crippen LogP contribution in [0.3, 0.4) is 0 Å². The van der Waals surface area contributed by atoms with Crippen LogP contribution in [0.5, 0.6) is 0 Å². The molecule has 0 radical (unpaired) electrons. The van der Waals surface area contributed by atoms with Crippen LogP contribution in [0.4, 0.5) is 0 Å². The molecule has 6 heteroatoms. The first-order chi connectivity index (χ1) is 7.77. The summed E-state index contributed by atoms with van der Waals surface area (Å²) in [6.07, 6.45) is 2.46. The highest BCUT2D eigenvalue weighted by Crippen LogP contribution is 2.01. The Hall–Kier alpha value is -0.650. The predicted molar refractivity (Wildman–Crippen MR) is 63.5 cm³/mol. The van der Waals surface area contributed by atoms with Crippen LogP contribution in [-0.4, -0.2) is 40.4 Å². The van der Waals surface area contributed by atoms with Crippen LogP contribution in [0.1, 0.15) is 19.2 Å². The van der Waals surface area contributed by atoms with Crippen molar-refractivity contribution in [2.75, 3.05) is 20.3 Å². The number of halogens is 1. The summed E-state index contributed by atoms with van der Waals surface area (Å²) < 4.78 is 6.83. The smallest absolute Gasteiger partial charge is 0.140 e. The van der Waals surface area contributed by atoms with E-state index < -0.39 is 0 Å². The van der Waals surface area contributed by atoms with Gasteiger partial charge < -0.3 is 10.1 Å². The largest absolute Gasteiger partial charge is 0.383 e. The number of hydrogen-bond acceptors (Lipinski definition) is 4. The van der Waals surface area contributed by atoms with Gasteiger partial charge in [0.05, 0.1) is 18.5 Å². The van der Waals surface area contributed by atoms with Gasteiger partial charge in [-0.15, -0.1) is 11.6 Å². The van der Waals surface area contributed by atoms with Crippen molar-refractivity contribution >= 4 is 11.6 Å². The zero-order valence-electron chi connectivity index (χ0n) is 9.82. The van der Waals surface area contributed by atoms with Gasteiger partial charge in [0, 0.05) is 13.7 Å². The van der Waals surface area contributed by atoms with Gasteiger partial charge in [0.1, 0.15) is 12.2 Å². The highest BCUT2D eigenvalue weighted by Gasteiger charge is 2.04. The number of rotatable bonds is 8. The molecule has 1 aromatic rings. The molecule has 1 N–H and O–H groups in total. The van der Waals surface area contributed by atoms with Crippen molar-refractivity contribution in [1.29, 1.82) is 0 Å². The zero-order chi connectivity index (χ0) is 11.8. The van der Waals surface area contributed by atoms with E-state index in [-0.39, 0.29) is 5.38 Å². The van der Waals surface area contributed by atoms with Gasteiger partial charge in [-0.1, -0.05) is 0 Å². The Morgan fingerprint density at radius 1 is 1.62 bits per heavy atom. The lowest BCUT2D eigenvalue weighted by atomic mass is 10.3. The molecule has 0 saturated heterocycles. The quantitative estimate of drug-likeness (QED) is 0.550. The molecule has 0 aliphatic rings. The van der Waals surface area contributed by atoms with E-state index in [9.17, 15) is 0 Å². The summed E-state index contributed by atoms with van der Waals surface area (Å²) in [6, 6.07) is 0. The molecule has 16 heavy (non-hydrogen) atoms. The Morgan fingerprint density at radius 2 is 2.44 bits per heavy atom. The number of hydrogen-bond donors (Lipinski definition) is 1. The van der Waals surface area contributed by atoms with Gasteiger partial charge in [0.2, 0.25) is 0 Å². The number of ether oxygens (including phenoxy) is 1. The minimum atomic E-state index is 0.0709. The van der Waals surface area contributed by atoms with Crippen molar-refractivity contribution in [2.24, 2.45) is 0 Å². The molecule has 0 saturated carbocycles. The fourth-order valence-electron chi connectivity index (χ4n) is 1.41. The molecule has 0 aliphatic carbocycles. The third-order valence-electron chi connectivity index (χ3n) is 2.26. The van der Waals surface area contributed by atoms with Crippen LogP contribution < -0.4 is 5.32 Å². The third kappa shape index (κ3) is 4.47. The minimum absolute atomic E-state index is 0.0709. The molecule has 92 valence electrons. The molecule has 0 spiro atoms. The molecule has 0 aliphatic heterocycles. The Labute approximate surface area is 101 Å². The number of aromatic nitrogens is 3. The Kier molecular flexibility index (Phi) is 6.37. The summed E-state index contributed by atoms with van der Waals surface area (Å²) in [4.78, 5) is 4.17. The average Bonchev–Trinajstić information content (AvgIpc) is 2.72. The van der Waals surface area contributed by atoms with Crippen LogP contribution in [-0.2, 0) is 17.8 Å². The SMILES string of the molecule is CCn1ncnc1CNCCC(Cl)COC. The maximum atomic E-state index is 6.00. The van der Waals surface area contributed by atoms with Crippen molar-refractivity contribution in [3.8, 4) is 0 Å². The molecular weight excluding hydrogens is 228 g/mol. The van der Waals surface area contributed by atoms with E-state index >= 15 is 0 Å². The first-order valence-corrected chi connectivity index (χ1v) is 5.92. The predicted octanol–water partition coefficient (Wildman–Crippen LogP) is 1.03. The molecule has 1 aromatic heterocycles. The van der Waals surface area contributed by atoms with Crippen molar-refractivity contribution in [3.05, 3.63) is 12.2 Å². The van der Waals surface area contributed by atoms with Gasteiger partial charge in [-0.2, -0.15) is 5.10 Å². The number of nitrogens with zero attached hydrogens (tertiary/aromatic N) is 3. The Bertz CT molecular complexity index is 292. The van der Waals surface area contributed by atoms with Gasteiger partial charge in [0.25, 0.3) is 0 Å². The van der Waals surface area contributed by atoms with E-state index in [0.29, 0.717) is 6.61 Å². The second-order valence-corrected chi connectivity index (χ2v) is 4.13. The molecular formula is C10H19ClN4O. The number of nitrogens with one attached hydrogen (secondary N) is 1. The maximum absolute atomic E-state index is 6.00. The topological polar surface area (TPSA) is 52.0 Å². The van der Waals surface area contributed by atoms with E-state index in [1.165, 1.54) is 0 Å². The van der Waals surface area contributed by atoms with Crippen LogP contribution in [0.15, 0.2) is 6.33 Å². The third-order valence-corrected chi connectivity index (χ3v) is 2.60. The molecule has 5 nitrogen and oxygen atoms in total. The lowest BCUT2D eigenvalue weighted by molar-refractivity contribution is 0.195. The fraction of sp³-hybridized carbons (Fsp3) is 0.800. The first kappa shape index (κ1) is 13.4. The standard InChI is InChI=1S/C10H19ClN4O/c1-3-15-10(13-8-14-15)6-12-5-4-9(11)7-16-2/h8-9,12H,3-7H2,1-2H3. The molecule has 0 bridgehead atoms. The normalized spacial score (nSPS) is 12.9. The summed E-state index contributed by atoms with van der Waals surface area (Å²) in [5.41, 5.74) is 0. The molecule has 1 rings (SSSR count). The Balaban J connectivity index is 2.16. The van der Waals surface area contributed by atoms with E-state index in [4.69, 9.17) is 16.3 Å². The Morgan fingerprint density at radius 3 is 3.12 bits per heavy atom. The van der Waals surface area contributed by atoms with Crippen molar-refractivity contribution in [2.45, 2.75) is 31.8 Å². The van der Waals surface area contributed by atoms with Gasteiger partial charge in [-0.05, 0) is 19.9 Å². The van der Waals surface area contributed by atoms with Gasteiger partial charge in [-0.3, -0.25) is 0 Å². The average molecular weight is 247 g/mol. The lowest BCUT2D eigenvalue weighted by Crippen LogP contribution is -2.22. The van der Waals surface area contributed by atoms with E-state index in [1.54, 1.807) is 13.4 Å². The highest BCUT2D eigenvalue weighted by atomic mass is 35.5. The van der Waals surface area contributed by atoms with Crippen LogP contribution >= 0.6 is 11.6 Å². The van der Waals surface area contributed by atoms with Crippen LogP contribution in [0.2, 0.25) is 0 Å². The molecule has 1 atom stereocenters. The van der Waals surface area contributed by atoms with Crippen molar-refractivity contribution in [1.82, 2.24) is 20.1 Å². The number of aryl methyl sites for hydroxylation is 1. The van der Waals surface area contributed by atoms with E-state index in [2.05, 4.69) is 15.4 Å². The zero-order valence-corrected chi connectivity index (χ0v) is 10.6. The van der Waals surface area contributed by atoms with Gasteiger partial charge in [0.15, 0.2) is 0 Å². The molecule has 0 aromatic carbocycles. The van der Waals surface area contributed by atoms with Gasteiger partial charge >= 0.3 is 0 Å². The summed E-state index contributed by atoms with van der Waals surface area (Å²) >= 11 is 6.00. The summed E-state index contributed by atoms with van der Waals surface area (Å²) in [5.74, 6) is 0.959. The first-order valence-electron chi connectivity index (χ1n) is 5.48. The van der Waals surface area contributed by atoms with E-state index in [1.807, 2.05) is 11.6 Å².